The van der Waals surface area contributed by atoms with Gasteiger partial charge in [0.25, 0.3) is 0 Å². The third-order valence-electron chi connectivity index (χ3n) is 2.78. The van der Waals surface area contributed by atoms with E-state index in [1.54, 1.807) is 12.1 Å². The molecule has 0 aliphatic rings. The molecule has 1 N–H and O–H groups in total. The normalized spacial score (nSPS) is 11.1. The predicted octanol–water partition coefficient (Wildman–Crippen LogP) is 3.78. The number of rotatable bonds is 8. The molecular weight excluding hydrogens is 213 g/mol. The van der Waals surface area contributed by atoms with Crippen molar-refractivity contribution < 1.29 is 4.39 Å². The fourth-order valence-corrected chi connectivity index (χ4v) is 1.80. The molecule has 1 aromatic rings. The van der Waals surface area contributed by atoms with Crippen LogP contribution in [-0.4, -0.2) is 13.1 Å². The van der Waals surface area contributed by atoms with Crippen molar-refractivity contribution in [2.75, 3.05) is 13.1 Å². The summed E-state index contributed by atoms with van der Waals surface area (Å²) in [6.07, 6.45) is 4.72. The van der Waals surface area contributed by atoms with Gasteiger partial charge in [0, 0.05) is 0 Å². The first-order valence-electron chi connectivity index (χ1n) is 6.63. The van der Waals surface area contributed by atoms with Gasteiger partial charge in [-0.05, 0) is 56.0 Å². The molecule has 1 aromatic carbocycles. The van der Waals surface area contributed by atoms with Gasteiger partial charge in [-0.15, -0.1) is 0 Å². The van der Waals surface area contributed by atoms with E-state index < -0.39 is 0 Å². The molecule has 0 aliphatic heterocycles. The van der Waals surface area contributed by atoms with Gasteiger partial charge in [-0.3, -0.25) is 0 Å². The van der Waals surface area contributed by atoms with Crippen LogP contribution in [0.5, 0.6) is 0 Å². The van der Waals surface area contributed by atoms with Crippen LogP contribution < -0.4 is 5.32 Å². The van der Waals surface area contributed by atoms with Gasteiger partial charge >= 0.3 is 0 Å². The van der Waals surface area contributed by atoms with Crippen molar-refractivity contribution in [1.82, 2.24) is 5.32 Å². The molecule has 0 bridgehead atoms. The second-order valence-corrected chi connectivity index (χ2v) is 5.04. The highest BCUT2D eigenvalue weighted by Gasteiger charge is 1.96. The quantitative estimate of drug-likeness (QED) is 0.678. The number of nitrogens with one attached hydrogen (secondary N) is 1. The Kier molecular flexibility index (Phi) is 6.87. The Morgan fingerprint density at radius 1 is 1.06 bits per heavy atom. The van der Waals surface area contributed by atoms with Crippen LogP contribution in [0.2, 0.25) is 0 Å². The van der Waals surface area contributed by atoms with Crippen LogP contribution in [0, 0.1) is 11.7 Å². The number of hydrogen-bond donors (Lipinski definition) is 1. The van der Waals surface area contributed by atoms with Crippen LogP contribution in [0.3, 0.4) is 0 Å². The Balaban J connectivity index is 1.99. The minimum atomic E-state index is -0.147. The zero-order valence-electron chi connectivity index (χ0n) is 11.0. The lowest BCUT2D eigenvalue weighted by Gasteiger charge is -2.07. The molecule has 2 heteroatoms. The molecule has 0 amide bonds. The molecule has 0 saturated heterocycles. The summed E-state index contributed by atoms with van der Waals surface area (Å²) in [5.74, 6) is 0.584. The maximum absolute atomic E-state index is 12.7. The van der Waals surface area contributed by atoms with Crippen molar-refractivity contribution in [3.8, 4) is 0 Å². The van der Waals surface area contributed by atoms with Crippen molar-refractivity contribution in [3.63, 3.8) is 0 Å². The fraction of sp³-hybridized carbons (Fsp3) is 0.600. The Bertz CT molecular complexity index is 292. The number of benzene rings is 1. The summed E-state index contributed by atoms with van der Waals surface area (Å²) in [5, 5.41) is 3.44. The lowest BCUT2D eigenvalue weighted by atomic mass is 10.1. The molecular formula is C15H24FN. The predicted molar refractivity (Wildman–Crippen MR) is 71.7 cm³/mol. The van der Waals surface area contributed by atoms with E-state index in [-0.39, 0.29) is 5.82 Å². The second-order valence-electron chi connectivity index (χ2n) is 5.04. The van der Waals surface area contributed by atoms with E-state index in [9.17, 15) is 4.39 Å². The molecule has 0 fully saturated rings. The number of halogens is 1. The van der Waals surface area contributed by atoms with Crippen LogP contribution in [0.15, 0.2) is 24.3 Å². The smallest absolute Gasteiger partial charge is 0.123 e. The van der Waals surface area contributed by atoms with Gasteiger partial charge in [0.15, 0.2) is 0 Å². The van der Waals surface area contributed by atoms with Crippen LogP contribution in [0.1, 0.15) is 38.7 Å². The van der Waals surface area contributed by atoms with Crippen LogP contribution in [0.25, 0.3) is 0 Å². The van der Waals surface area contributed by atoms with Gasteiger partial charge in [0.1, 0.15) is 5.82 Å². The summed E-state index contributed by atoms with van der Waals surface area (Å²) in [7, 11) is 0. The van der Waals surface area contributed by atoms with E-state index >= 15 is 0 Å². The maximum Gasteiger partial charge on any atom is 0.123 e. The van der Waals surface area contributed by atoms with E-state index in [4.69, 9.17) is 0 Å². The summed E-state index contributed by atoms with van der Waals surface area (Å²) in [6, 6.07) is 6.84. The Labute approximate surface area is 104 Å². The lowest BCUT2D eigenvalue weighted by molar-refractivity contribution is 0.530. The molecule has 0 aliphatic carbocycles. The van der Waals surface area contributed by atoms with Gasteiger partial charge in [0.05, 0.1) is 0 Å². The number of unbranched alkanes of at least 4 members (excludes halogenated alkanes) is 2. The highest BCUT2D eigenvalue weighted by molar-refractivity contribution is 5.15. The summed E-state index contributed by atoms with van der Waals surface area (Å²) in [4.78, 5) is 0. The molecule has 0 unspecified atom stereocenters. The minimum Gasteiger partial charge on any atom is -0.316 e. The third kappa shape index (κ3) is 7.11. The van der Waals surface area contributed by atoms with E-state index in [1.165, 1.54) is 24.8 Å². The van der Waals surface area contributed by atoms with Crippen LogP contribution >= 0.6 is 0 Å². The number of aryl methyl sites for hydroxylation is 1. The topological polar surface area (TPSA) is 12.0 Å². The van der Waals surface area contributed by atoms with E-state index in [0.717, 1.165) is 25.4 Å². The summed E-state index contributed by atoms with van der Waals surface area (Å²) >= 11 is 0. The molecule has 1 rings (SSSR count). The molecule has 0 radical (unpaired) electrons. The van der Waals surface area contributed by atoms with E-state index in [1.807, 2.05) is 12.1 Å². The highest BCUT2D eigenvalue weighted by atomic mass is 19.1. The summed E-state index contributed by atoms with van der Waals surface area (Å²) in [5.41, 5.74) is 1.24. The summed E-state index contributed by atoms with van der Waals surface area (Å²) < 4.78 is 12.7. The molecule has 17 heavy (non-hydrogen) atoms. The first kappa shape index (κ1) is 14.2. The molecule has 96 valence electrons. The van der Waals surface area contributed by atoms with Gasteiger partial charge in [-0.25, -0.2) is 4.39 Å². The number of hydrogen-bond acceptors (Lipinski definition) is 1. The highest BCUT2D eigenvalue weighted by Crippen LogP contribution is 2.07. The van der Waals surface area contributed by atoms with E-state index in [2.05, 4.69) is 19.2 Å². The van der Waals surface area contributed by atoms with Crippen LogP contribution in [0.4, 0.5) is 4.39 Å². The average Bonchev–Trinajstić information content (AvgIpc) is 2.30. The van der Waals surface area contributed by atoms with Gasteiger partial charge in [-0.1, -0.05) is 32.4 Å². The molecule has 1 nitrogen and oxygen atoms in total. The minimum absolute atomic E-state index is 0.147. The van der Waals surface area contributed by atoms with Crippen molar-refractivity contribution in [3.05, 3.63) is 35.6 Å². The van der Waals surface area contributed by atoms with Crippen molar-refractivity contribution >= 4 is 0 Å². The average molecular weight is 237 g/mol. The fourth-order valence-electron chi connectivity index (χ4n) is 1.80. The third-order valence-corrected chi connectivity index (χ3v) is 2.78. The maximum atomic E-state index is 12.7. The van der Waals surface area contributed by atoms with Gasteiger partial charge in [0.2, 0.25) is 0 Å². The molecule has 0 atom stereocenters. The van der Waals surface area contributed by atoms with Gasteiger partial charge in [-0.2, -0.15) is 0 Å². The van der Waals surface area contributed by atoms with Crippen molar-refractivity contribution in [1.29, 1.82) is 0 Å². The summed E-state index contributed by atoms with van der Waals surface area (Å²) in [6.45, 7) is 6.67. The molecule has 0 aromatic heterocycles. The van der Waals surface area contributed by atoms with Crippen molar-refractivity contribution in [2.24, 2.45) is 5.92 Å². The Morgan fingerprint density at radius 3 is 2.41 bits per heavy atom. The Morgan fingerprint density at radius 2 is 1.76 bits per heavy atom. The first-order valence-corrected chi connectivity index (χ1v) is 6.63. The largest absolute Gasteiger partial charge is 0.316 e. The zero-order chi connectivity index (χ0) is 12.5. The monoisotopic (exact) mass is 237 g/mol. The zero-order valence-corrected chi connectivity index (χ0v) is 11.0. The molecule has 0 heterocycles. The van der Waals surface area contributed by atoms with Crippen LogP contribution in [-0.2, 0) is 6.42 Å². The Hall–Kier alpha value is -0.890. The first-order chi connectivity index (χ1) is 8.18. The standard InChI is InChI=1S/C15H24FN/c1-13(2)12-17-11-5-3-4-6-14-7-9-15(16)10-8-14/h7-10,13,17H,3-6,11-12H2,1-2H3. The van der Waals surface area contributed by atoms with Gasteiger partial charge < -0.3 is 5.32 Å². The second kappa shape index (κ2) is 8.24. The molecule has 0 spiro atoms. The lowest BCUT2D eigenvalue weighted by Crippen LogP contribution is -2.20. The van der Waals surface area contributed by atoms with E-state index in [0.29, 0.717) is 0 Å². The SMILES string of the molecule is CC(C)CNCCCCCc1ccc(F)cc1. The molecule has 0 saturated carbocycles. The van der Waals surface area contributed by atoms with Crippen molar-refractivity contribution in [2.45, 2.75) is 39.5 Å².